The van der Waals surface area contributed by atoms with Crippen LogP contribution in [0.15, 0.2) is 0 Å². The van der Waals surface area contributed by atoms with Gasteiger partial charge in [-0.05, 0) is 117 Å². The van der Waals surface area contributed by atoms with Gasteiger partial charge in [0, 0.05) is 13.0 Å². The minimum Gasteiger partial charge on any atom is -0.393 e. The molecule has 3 N–H and O–H groups in total. The average Bonchev–Trinajstić information content (AvgIpc) is 3.63. The second-order valence-corrected chi connectivity index (χ2v) is 15.0. The van der Waals surface area contributed by atoms with Gasteiger partial charge in [0.05, 0.1) is 12.2 Å². The predicted molar refractivity (Wildman–Crippen MR) is 147 cm³/mol. The van der Waals surface area contributed by atoms with Gasteiger partial charge in [0.2, 0.25) is 11.0 Å². The number of hydrogen-bond acceptors (Lipinski definition) is 7. The van der Waals surface area contributed by atoms with Gasteiger partial charge in [-0.2, -0.15) is 0 Å². The van der Waals surface area contributed by atoms with Crippen molar-refractivity contribution in [1.29, 1.82) is 0 Å². The second kappa shape index (κ2) is 10.4. The summed E-state index contributed by atoms with van der Waals surface area (Å²) in [6.07, 6.45) is 11.6. The Balaban J connectivity index is 1.07. The van der Waals surface area contributed by atoms with E-state index < -0.39 is 0 Å². The Morgan fingerprint density at radius 1 is 1.08 bits per heavy atom. The Morgan fingerprint density at radius 2 is 1.87 bits per heavy atom. The van der Waals surface area contributed by atoms with Crippen LogP contribution in [0.25, 0.3) is 0 Å². The third kappa shape index (κ3) is 4.65. The van der Waals surface area contributed by atoms with Crippen LogP contribution in [-0.2, 0) is 9.53 Å². The number of carbonyl (C=O) groups is 1. The van der Waals surface area contributed by atoms with Crippen molar-refractivity contribution in [2.24, 2.45) is 46.3 Å². The molecule has 0 bridgehead atoms. The van der Waals surface area contributed by atoms with Crippen LogP contribution < -0.4 is 5.32 Å². The Kier molecular flexibility index (Phi) is 7.41. The van der Waals surface area contributed by atoms with Crippen LogP contribution in [0.4, 0.5) is 5.13 Å². The van der Waals surface area contributed by atoms with E-state index in [-0.39, 0.29) is 35.0 Å². The molecule has 5 fully saturated rings. The van der Waals surface area contributed by atoms with Gasteiger partial charge in [-0.25, -0.2) is 0 Å². The van der Waals surface area contributed by atoms with Gasteiger partial charge >= 0.3 is 0 Å². The molecule has 6 rings (SSSR count). The van der Waals surface area contributed by atoms with E-state index in [9.17, 15) is 15.0 Å². The topological polar surface area (TPSA) is 105 Å². The van der Waals surface area contributed by atoms with E-state index in [1.165, 1.54) is 37.0 Å². The van der Waals surface area contributed by atoms with Crippen molar-refractivity contribution >= 4 is 22.4 Å². The van der Waals surface area contributed by atoms with Gasteiger partial charge in [-0.3, -0.25) is 4.79 Å². The number of aliphatic hydroxyl groups is 2. The second-order valence-electron chi connectivity index (χ2n) is 14.0. The number of aromatic nitrogens is 2. The lowest BCUT2D eigenvalue weighted by Crippen LogP contribution is -2.58. The first kappa shape index (κ1) is 27.1. The summed E-state index contributed by atoms with van der Waals surface area (Å²) in [5.41, 5.74) is 0.505. The maximum Gasteiger partial charge on any atom is 0.226 e. The summed E-state index contributed by atoms with van der Waals surface area (Å²) in [6.45, 7) is 8.09. The molecule has 1 aromatic heterocycles. The van der Waals surface area contributed by atoms with Crippen molar-refractivity contribution in [2.45, 2.75) is 116 Å². The molecule has 11 atom stereocenters. The number of hydrogen-bond donors (Lipinski definition) is 3. The van der Waals surface area contributed by atoms with Gasteiger partial charge in [0.15, 0.2) is 0 Å². The van der Waals surface area contributed by atoms with Crippen molar-refractivity contribution in [2.75, 3.05) is 11.9 Å². The third-order valence-electron chi connectivity index (χ3n) is 12.1. The molecular formula is C30H47N3O4S. The van der Waals surface area contributed by atoms with Gasteiger partial charge in [-0.1, -0.05) is 32.1 Å². The van der Waals surface area contributed by atoms with Crippen LogP contribution in [0.1, 0.15) is 109 Å². The minimum atomic E-state index is -0.237. The quantitative estimate of drug-likeness (QED) is 0.421. The first-order chi connectivity index (χ1) is 18.2. The molecule has 1 aromatic rings. The van der Waals surface area contributed by atoms with Crippen molar-refractivity contribution in [3.05, 3.63) is 5.01 Å². The van der Waals surface area contributed by atoms with Crippen LogP contribution in [0.3, 0.4) is 0 Å². The van der Waals surface area contributed by atoms with E-state index in [0.717, 1.165) is 56.6 Å². The molecule has 212 valence electrons. The van der Waals surface area contributed by atoms with Crippen molar-refractivity contribution in [3.63, 3.8) is 0 Å². The maximum absolute atomic E-state index is 12.8. The number of fused-ring (bicyclic) bond motifs is 5. The summed E-state index contributed by atoms with van der Waals surface area (Å²) < 4.78 is 5.69. The van der Waals surface area contributed by atoms with Crippen molar-refractivity contribution in [1.82, 2.24) is 10.2 Å². The summed E-state index contributed by atoms with van der Waals surface area (Å²) in [5, 5.41) is 34.6. The summed E-state index contributed by atoms with van der Waals surface area (Å²) in [5.74, 6) is 3.08. The highest BCUT2D eigenvalue weighted by Crippen LogP contribution is 2.68. The number of anilines is 1. The number of nitrogens with one attached hydrogen (secondary N) is 1. The van der Waals surface area contributed by atoms with Crippen LogP contribution in [0.5, 0.6) is 0 Å². The lowest BCUT2D eigenvalue weighted by atomic mass is 9.43. The summed E-state index contributed by atoms with van der Waals surface area (Å²) in [4.78, 5) is 12.8. The summed E-state index contributed by atoms with van der Waals surface area (Å²) in [6, 6.07) is 0. The van der Waals surface area contributed by atoms with Crippen LogP contribution in [-0.4, -0.2) is 45.1 Å². The highest BCUT2D eigenvalue weighted by atomic mass is 32.1. The van der Waals surface area contributed by atoms with Gasteiger partial charge in [0.1, 0.15) is 11.1 Å². The normalized spacial score (nSPS) is 45.2. The predicted octanol–water partition coefficient (Wildman–Crippen LogP) is 5.74. The molecule has 5 aliphatic rings. The number of ether oxygens (including phenoxy) is 1. The van der Waals surface area contributed by atoms with E-state index in [0.29, 0.717) is 47.1 Å². The number of rotatable bonds is 6. The summed E-state index contributed by atoms with van der Waals surface area (Å²) >= 11 is 1.43. The fourth-order valence-corrected chi connectivity index (χ4v) is 10.9. The molecule has 1 aliphatic heterocycles. The maximum atomic E-state index is 12.8. The lowest BCUT2D eigenvalue weighted by molar-refractivity contribution is -0.174. The average molecular weight is 546 g/mol. The Morgan fingerprint density at radius 3 is 2.66 bits per heavy atom. The molecule has 0 spiro atoms. The van der Waals surface area contributed by atoms with E-state index in [4.69, 9.17) is 4.74 Å². The van der Waals surface area contributed by atoms with Crippen molar-refractivity contribution in [3.8, 4) is 0 Å². The first-order valence-electron chi connectivity index (χ1n) is 15.3. The molecule has 7 nitrogen and oxygen atoms in total. The fourth-order valence-electron chi connectivity index (χ4n) is 10.1. The van der Waals surface area contributed by atoms with Crippen LogP contribution >= 0.6 is 11.3 Å². The van der Waals surface area contributed by atoms with Crippen LogP contribution in [0, 0.1) is 46.3 Å². The Labute approximate surface area is 231 Å². The van der Waals surface area contributed by atoms with Gasteiger partial charge in [-0.15, -0.1) is 10.2 Å². The number of nitrogens with zero attached hydrogens (tertiary/aromatic N) is 2. The standard InChI is InChI=1S/C30H47N3O4S/c1-17(6-9-25(36)31-28-33-32-27(38-28)24-5-4-14-37-24)20-7-8-21-26-22(11-13-30(20,21)3)29(2)12-10-19(34)15-18(29)16-23(26)35/h17-24,26,34-35H,4-16H2,1-3H3,(H,31,33,36)/t17-,18-,19-,20+,21-,22-,23+,24+,26+,29+,30-/m1/s1. The molecular weight excluding hydrogens is 498 g/mol. The molecule has 4 saturated carbocycles. The molecule has 0 radical (unpaired) electrons. The van der Waals surface area contributed by atoms with Gasteiger partial charge < -0.3 is 20.3 Å². The third-order valence-corrected chi connectivity index (χ3v) is 13.1. The smallest absolute Gasteiger partial charge is 0.226 e. The van der Waals surface area contributed by atoms with E-state index in [2.05, 4.69) is 36.3 Å². The lowest BCUT2D eigenvalue weighted by Gasteiger charge is -2.62. The molecule has 2 heterocycles. The molecule has 8 heteroatoms. The van der Waals surface area contributed by atoms with E-state index in [1.807, 2.05) is 0 Å². The molecule has 1 amide bonds. The van der Waals surface area contributed by atoms with Crippen molar-refractivity contribution < 1.29 is 19.7 Å². The van der Waals surface area contributed by atoms with E-state index >= 15 is 0 Å². The largest absolute Gasteiger partial charge is 0.393 e. The minimum absolute atomic E-state index is 0.0245. The zero-order chi connectivity index (χ0) is 26.7. The molecule has 0 aromatic carbocycles. The highest BCUT2D eigenvalue weighted by Gasteiger charge is 2.62. The molecule has 1 saturated heterocycles. The Hall–Kier alpha value is -1.09. The zero-order valence-corrected chi connectivity index (χ0v) is 24.2. The van der Waals surface area contributed by atoms with E-state index in [1.54, 1.807) is 0 Å². The number of aliphatic hydroxyl groups excluding tert-OH is 2. The number of amides is 1. The Bertz CT molecular complexity index is 1010. The SMILES string of the molecule is C[C@H](CCC(=O)Nc1nnc([C@@H]2CCCO2)s1)[C@@H]1CC[C@@H]2[C@H]3[C@@H](CC[C@@]21C)[C@@]1(C)CC[C@@H](O)C[C@@H]1C[C@@H]3O. The molecule has 4 aliphatic carbocycles. The highest BCUT2D eigenvalue weighted by molar-refractivity contribution is 7.15. The monoisotopic (exact) mass is 545 g/mol. The molecule has 0 unspecified atom stereocenters. The van der Waals surface area contributed by atoms with Gasteiger partial charge in [0.25, 0.3) is 0 Å². The first-order valence-corrected chi connectivity index (χ1v) is 16.1. The number of carbonyl (C=O) groups excluding carboxylic acids is 1. The fraction of sp³-hybridized carbons (Fsp3) is 0.900. The molecule has 38 heavy (non-hydrogen) atoms. The van der Waals surface area contributed by atoms with Crippen LogP contribution in [0.2, 0.25) is 0 Å². The zero-order valence-electron chi connectivity index (χ0n) is 23.4. The summed E-state index contributed by atoms with van der Waals surface area (Å²) in [7, 11) is 0.